The fourth-order valence-corrected chi connectivity index (χ4v) is 4.81. The van der Waals surface area contributed by atoms with E-state index >= 15 is 0 Å². The molecule has 0 bridgehead atoms. The summed E-state index contributed by atoms with van der Waals surface area (Å²) >= 11 is 0. The van der Waals surface area contributed by atoms with Crippen molar-refractivity contribution in [3.8, 4) is 0 Å². The van der Waals surface area contributed by atoms with Gasteiger partial charge in [-0.3, -0.25) is 9.78 Å². The van der Waals surface area contributed by atoms with Crippen molar-refractivity contribution < 1.29 is 18.3 Å². The number of hydrogen-bond acceptors (Lipinski definition) is 4. The second kappa shape index (κ2) is 8.37. The molecule has 7 heteroatoms. The molecule has 3 aliphatic heterocycles. The zero-order valence-electron chi connectivity index (χ0n) is 18.8. The number of carbonyl (C=O) groups excluding carboxylic acids is 1. The van der Waals surface area contributed by atoms with Gasteiger partial charge in [0.2, 0.25) is 0 Å². The van der Waals surface area contributed by atoms with Crippen LogP contribution in [0.5, 0.6) is 0 Å². The minimum atomic E-state index is -0.720. The summed E-state index contributed by atoms with van der Waals surface area (Å²) in [6, 6.07) is 8.25. The molecule has 1 fully saturated rings. The molecule has 1 aromatic carbocycles. The summed E-state index contributed by atoms with van der Waals surface area (Å²) in [4.78, 5) is 19.4. The van der Waals surface area contributed by atoms with Gasteiger partial charge < -0.3 is 15.0 Å². The van der Waals surface area contributed by atoms with Crippen LogP contribution in [-0.2, 0) is 16.0 Å². The highest BCUT2D eigenvalue weighted by Crippen LogP contribution is 2.44. The van der Waals surface area contributed by atoms with E-state index in [4.69, 9.17) is 4.74 Å². The maximum Gasteiger partial charge on any atom is 0.260 e. The smallest absolute Gasteiger partial charge is 0.260 e. The maximum atomic E-state index is 13.6. The van der Waals surface area contributed by atoms with Gasteiger partial charge in [-0.2, -0.15) is 0 Å². The van der Waals surface area contributed by atoms with Crippen molar-refractivity contribution in [3.05, 3.63) is 71.0 Å². The average molecular weight is 452 g/mol. The van der Waals surface area contributed by atoms with Gasteiger partial charge in [0.25, 0.3) is 5.91 Å². The summed E-state index contributed by atoms with van der Waals surface area (Å²) in [5, 5.41) is 2.71. The SMILES string of the molecule is CC1(C)O/C(=C2/C(=O)Nc3cc(F)ccc32)C=C1c1ccc(CCN2CCCC(F)C2)nc1. The van der Waals surface area contributed by atoms with Gasteiger partial charge in [-0.05, 0) is 63.6 Å². The van der Waals surface area contributed by atoms with Crippen LogP contribution in [0.4, 0.5) is 14.5 Å². The lowest BCUT2D eigenvalue weighted by Crippen LogP contribution is -2.37. The monoisotopic (exact) mass is 451 g/mol. The number of aromatic nitrogens is 1. The highest BCUT2D eigenvalue weighted by Gasteiger charge is 2.38. The average Bonchev–Trinajstić information content (AvgIpc) is 3.26. The second-order valence-corrected chi connectivity index (χ2v) is 9.38. The molecule has 1 atom stereocenters. The number of ether oxygens (including phenoxy) is 1. The lowest BCUT2D eigenvalue weighted by Gasteiger charge is -2.28. The van der Waals surface area contributed by atoms with Crippen LogP contribution in [-0.4, -0.2) is 47.2 Å². The molecule has 5 rings (SSSR count). The molecule has 0 spiro atoms. The maximum absolute atomic E-state index is 13.6. The minimum absolute atomic E-state index is 0.305. The van der Waals surface area contributed by atoms with Crippen molar-refractivity contribution in [1.82, 2.24) is 9.88 Å². The Morgan fingerprint density at radius 1 is 1.27 bits per heavy atom. The number of alkyl halides is 1. The van der Waals surface area contributed by atoms with Crippen LogP contribution in [0.15, 0.2) is 48.4 Å². The third kappa shape index (κ3) is 4.29. The first-order chi connectivity index (χ1) is 15.8. The van der Waals surface area contributed by atoms with Gasteiger partial charge in [0, 0.05) is 48.1 Å². The summed E-state index contributed by atoms with van der Waals surface area (Å²) in [7, 11) is 0. The molecule has 1 amide bonds. The van der Waals surface area contributed by atoms with Crippen LogP contribution in [0, 0.1) is 5.82 Å². The van der Waals surface area contributed by atoms with Crippen molar-refractivity contribution in [1.29, 1.82) is 0 Å². The molecular weight excluding hydrogens is 424 g/mol. The van der Waals surface area contributed by atoms with Crippen molar-refractivity contribution in [2.24, 2.45) is 0 Å². The van der Waals surface area contributed by atoms with Gasteiger partial charge in [0.05, 0.1) is 11.3 Å². The topological polar surface area (TPSA) is 54.5 Å². The van der Waals surface area contributed by atoms with E-state index in [9.17, 15) is 13.6 Å². The molecule has 1 unspecified atom stereocenters. The van der Waals surface area contributed by atoms with Gasteiger partial charge in [-0.25, -0.2) is 8.78 Å². The third-order valence-electron chi connectivity index (χ3n) is 6.53. The largest absolute Gasteiger partial charge is 0.482 e. The molecule has 172 valence electrons. The molecule has 1 aromatic heterocycles. The predicted molar refractivity (Wildman–Crippen MR) is 124 cm³/mol. The van der Waals surface area contributed by atoms with E-state index in [0.29, 0.717) is 35.5 Å². The Labute approximate surface area is 192 Å². The van der Waals surface area contributed by atoms with Gasteiger partial charge >= 0.3 is 0 Å². The number of likely N-dealkylation sites (tertiary alicyclic amines) is 1. The normalized spacial score (nSPS) is 24.3. The van der Waals surface area contributed by atoms with Crippen LogP contribution in [0.1, 0.15) is 43.5 Å². The standard InChI is InChI=1S/C26H27F2N3O2/c1-26(2)21(13-23(33-26)24-20-8-6-17(27)12-22(20)30-25(24)32)16-5-7-19(29-14-16)9-11-31-10-3-4-18(28)15-31/h5-8,12-14,18H,3-4,9-11,15H2,1-2H3,(H,30,32)/b24-23+. The minimum Gasteiger partial charge on any atom is -0.482 e. The number of nitrogens with zero attached hydrogens (tertiary/aromatic N) is 2. The highest BCUT2D eigenvalue weighted by atomic mass is 19.1. The number of benzene rings is 1. The number of carbonyl (C=O) groups is 1. The number of hydrogen-bond donors (Lipinski definition) is 1. The number of nitrogens with one attached hydrogen (secondary N) is 1. The molecule has 0 radical (unpaired) electrons. The predicted octanol–water partition coefficient (Wildman–Crippen LogP) is 4.75. The van der Waals surface area contributed by atoms with Crippen LogP contribution < -0.4 is 5.32 Å². The van der Waals surface area contributed by atoms with E-state index < -0.39 is 17.6 Å². The molecule has 4 heterocycles. The first-order valence-electron chi connectivity index (χ1n) is 11.4. The summed E-state index contributed by atoms with van der Waals surface area (Å²) < 4.78 is 33.4. The summed E-state index contributed by atoms with van der Waals surface area (Å²) in [6.45, 7) is 6.15. The zero-order valence-corrected chi connectivity index (χ0v) is 18.8. The number of piperidine rings is 1. The van der Waals surface area contributed by atoms with Crippen molar-refractivity contribution in [2.75, 3.05) is 25.0 Å². The third-order valence-corrected chi connectivity index (χ3v) is 6.53. The number of allylic oxidation sites excluding steroid dienone is 1. The fraction of sp³-hybridized carbons (Fsp3) is 0.385. The van der Waals surface area contributed by atoms with E-state index in [1.54, 1.807) is 6.07 Å². The number of pyridine rings is 1. The van der Waals surface area contributed by atoms with E-state index in [0.717, 1.165) is 42.8 Å². The molecule has 3 aliphatic rings. The zero-order chi connectivity index (χ0) is 23.2. The first kappa shape index (κ1) is 21.8. The number of rotatable bonds is 4. The molecular formula is C26H27F2N3O2. The molecule has 5 nitrogen and oxygen atoms in total. The van der Waals surface area contributed by atoms with Crippen LogP contribution >= 0.6 is 0 Å². The number of anilines is 1. The Morgan fingerprint density at radius 2 is 2.12 bits per heavy atom. The van der Waals surface area contributed by atoms with Gasteiger partial charge in [-0.1, -0.05) is 6.07 Å². The molecule has 0 saturated carbocycles. The summed E-state index contributed by atoms with van der Waals surface area (Å²) in [5.41, 5.74) is 3.63. The van der Waals surface area contributed by atoms with Crippen molar-refractivity contribution >= 4 is 22.7 Å². The molecule has 1 N–H and O–H groups in total. The lowest BCUT2D eigenvalue weighted by molar-refractivity contribution is -0.111. The van der Waals surface area contributed by atoms with E-state index in [-0.39, 0.29) is 5.91 Å². The van der Waals surface area contributed by atoms with Gasteiger partial charge in [0.15, 0.2) is 0 Å². The van der Waals surface area contributed by atoms with E-state index in [1.807, 2.05) is 38.3 Å². The molecule has 0 aliphatic carbocycles. The fourth-order valence-electron chi connectivity index (χ4n) is 4.81. The Morgan fingerprint density at radius 3 is 2.88 bits per heavy atom. The first-order valence-corrected chi connectivity index (χ1v) is 11.4. The molecule has 33 heavy (non-hydrogen) atoms. The van der Waals surface area contributed by atoms with Gasteiger partial charge in [-0.15, -0.1) is 0 Å². The Balaban J connectivity index is 1.37. The number of halogens is 2. The van der Waals surface area contributed by atoms with Gasteiger partial charge in [0.1, 0.15) is 23.3 Å². The van der Waals surface area contributed by atoms with E-state index in [2.05, 4.69) is 15.2 Å². The Hall–Kier alpha value is -3.06. The van der Waals surface area contributed by atoms with E-state index in [1.165, 1.54) is 12.1 Å². The van der Waals surface area contributed by atoms with Crippen LogP contribution in [0.25, 0.3) is 11.1 Å². The Kier molecular flexibility index (Phi) is 5.52. The quantitative estimate of drug-likeness (QED) is 0.682. The second-order valence-electron chi connectivity index (χ2n) is 9.38. The highest BCUT2D eigenvalue weighted by molar-refractivity contribution is 6.32. The van der Waals surface area contributed by atoms with Crippen molar-refractivity contribution in [2.45, 2.75) is 44.9 Å². The molecule has 1 saturated heterocycles. The Bertz CT molecular complexity index is 1150. The summed E-state index contributed by atoms with van der Waals surface area (Å²) in [5.74, 6) is -0.242. The molecule has 2 aromatic rings. The van der Waals surface area contributed by atoms with Crippen LogP contribution in [0.3, 0.4) is 0 Å². The lowest BCUT2D eigenvalue weighted by atomic mass is 9.93. The van der Waals surface area contributed by atoms with Crippen molar-refractivity contribution in [3.63, 3.8) is 0 Å². The number of amides is 1. The summed E-state index contributed by atoms with van der Waals surface area (Å²) in [6.07, 6.45) is 5.33. The number of fused-ring (bicyclic) bond motifs is 1. The van der Waals surface area contributed by atoms with Crippen LogP contribution in [0.2, 0.25) is 0 Å².